The smallest absolute Gasteiger partial charge is 0.304 e. The largest absolute Gasteiger partial charge is 0.481 e. The van der Waals surface area contributed by atoms with Crippen LogP contribution in [0.5, 0.6) is 0 Å². The second-order valence-corrected chi connectivity index (χ2v) is 5.30. The van der Waals surface area contributed by atoms with E-state index in [1.807, 2.05) is 24.3 Å². The number of carboxylic acids is 1. The highest BCUT2D eigenvalue weighted by Crippen LogP contribution is 2.12. The van der Waals surface area contributed by atoms with Crippen LogP contribution in [0.4, 0.5) is 5.69 Å². The van der Waals surface area contributed by atoms with Crippen LogP contribution in [-0.4, -0.2) is 28.5 Å². The minimum absolute atomic E-state index is 0.0870. The third kappa shape index (κ3) is 6.86. The Kier molecular flexibility index (Phi) is 7.03. The van der Waals surface area contributed by atoms with Crippen molar-refractivity contribution in [3.8, 4) is 0 Å². The molecule has 0 saturated carbocycles. The number of rotatable bonds is 8. The summed E-state index contributed by atoms with van der Waals surface area (Å²) in [5, 5.41) is 11.3. The number of anilines is 1. The molecule has 0 spiro atoms. The molecule has 2 N–H and O–H groups in total. The molecule has 0 aliphatic heterocycles. The van der Waals surface area contributed by atoms with Gasteiger partial charge in [-0.2, -0.15) is 11.8 Å². The molecule has 1 aromatic rings. The molecular weight excluding hydrogens is 262 g/mol. The molecule has 1 rings (SSSR count). The second-order valence-electron chi connectivity index (χ2n) is 4.19. The highest BCUT2D eigenvalue weighted by atomic mass is 32.2. The summed E-state index contributed by atoms with van der Waals surface area (Å²) in [6.07, 6.45) is 2.23. The van der Waals surface area contributed by atoms with Crippen LogP contribution < -0.4 is 5.32 Å². The minimum atomic E-state index is -0.834. The lowest BCUT2D eigenvalue weighted by atomic mass is 10.1. The molecule has 0 atom stereocenters. The first-order valence-electron chi connectivity index (χ1n) is 6.30. The van der Waals surface area contributed by atoms with Crippen LogP contribution in [-0.2, 0) is 16.0 Å². The van der Waals surface area contributed by atoms with Gasteiger partial charge in [0.05, 0.1) is 12.2 Å². The third-order valence-electron chi connectivity index (χ3n) is 2.47. The van der Waals surface area contributed by atoms with E-state index < -0.39 is 5.97 Å². The first kappa shape index (κ1) is 15.6. The van der Waals surface area contributed by atoms with Gasteiger partial charge in [-0.25, -0.2) is 0 Å². The van der Waals surface area contributed by atoms with E-state index in [0.717, 1.165) is 18.5 Å². The van der Waals surface area contributed by atoms with Crippen molar-refractivity contribution in [1.29, 1.82) is 0 Å². The van der Waals surface area contributed by atoms with Crippen LogP contribution in [0.1, 0.15) is 25.3 Å². The van der Waals surface area contributed by atoms with E-state index in [4.69, 9.17) is 5.11 Å². The van der Waals surface area contributed by atoms with E-state index >= 15 is 0 Å². The van der Waals surface area contributed by atoms with E-state index in [1.165, 1.54) is 17.3 Å². The average molecular weight is 281 g/mol. The maximum atomic E-state index is 11.6. The standard InChI is InChI=1S/C14H19NO3S/c1-2-3-11-4-6-12(7-5-11)15-13(16)10-19-9-8-14(17)18/h4-7H,2-3,8-10H2,1H3,(H,15,16)(H,17,18). The maximum Gasteiger partial charge on any atom is 0.304 e. The van der Waals surface area contributed by atoms with Gasteiger partial charge in [0, 0.05) is 11.4 Å². The molecule has 19 heavy (non-hydrogen) atoms. The monoisotopic (exact) mass is 281 g/mol. The van der Waals surface area contributed by atoms with Gasteiger partial charge in [-0.1, -0.05) is 25.5 Å². The van der Waals surface area contributed by atoms with Crippen LogP contribution in [0, 0.1) is 0 Å². The van der Waals surface area contributed by atoms with E-state index in [-0.39, 0.29) is 18.1 Å². The van der Waals surface area contributed by atoms with E-state index in [1.54, 1.807) is 0 Å². The number of nitrogens with one attached hydrogen (secondary N) is 1. The van der Waals surface area contributed by atoms with Crippen molar-refractivity contribution in [2.45, 2.75) is 26.2 Å². The fourth-order valence-electron chi connectivity index (χ4n) is 1.56. The van der Waals surface area contributed by atoms with Crippen molar-refractivity contribution in [3.63, 3.8) is 0 Å². The maximum absolute atomic E-state index is 11.6. The average Bonchev–Trinajstić information content (AvgIpc) is 2.37. The van der Waals surface area contributed by atoms with Gasteiger partial charge in [0.15, 0.2) is 0 Å². The number of thioether (sulfide) groups is 1. The van der Waals surface area contributed by atoms with E-state index in [9.17, 15) is 9.59 Å². The molecule has 0 fully saturated rings. The Labute approximate surface area is 117 Å². The molecule has 4 nitrogen and oxygen atoms in total. The lowest BCUT2D eigenvalue weighted by molar-refractivity contribution is -0.136. The fraction of sp³-hybridized carbons (Fsp3) is 0.429. The number of hydrogen-bond donors (Lipinski definition) is 2. The summed E-state index contributed by atoms with van der Waals surface area (Å²) in [6.45, 7) is 2.13. The molecule has 0 aliphatic carbocycles. The Morgan fingerprint density at radius 1 is 1.26 bits per heavy atom. The first-order chi connectivity index (χ1) is 9.11. The molecule has 0 saturated heterocycles. The van der Waals surface area contributed by atoms with Gasteiger partial charge in [0.1, 0.15) is 0 Å². The van der Waals surface area contributed by atoms with Gasteiger partial charge >= 0.3 is 5.97 Å². The molecule has 0 unspecified atom stereocenters. The molecular formula is C14H19NO3S. The van der Waals surface area contributed by atoms with Gasteiger partial charge in [-0.3, -0.25) is 9.59 Å². The number of aryl methyl sites for hydroxylation is 1. The molecule has 104 valence electrons. The third-order valence-corrected chi connectivity index (χ3v) is 3.43. The van der Waals surface area contributed by atoms with Gasteiger partial charge in [0.25, 0.3) is 0 Å². The zero-order valence-electron chi connectivity index (χ0n) is 11.0. The summed E-state index contributed by atoms with van der Waals surface area (Å²) >= 11 is 1.33. The van der Waals surface area contributed by atoms with E-state index in [2.05, 4.69) is 12.2 Å². The Balaban J connectivity index is 2.29. The quantitative estimate of drug-likeness (QED) is 0.719. The number of aliphatic carboxylic acids is 1. The number of carbonyl (C=O) groups is 2. The number of benzene rings is 1. The molecule has 0 aromatic heterocycles. The number of hydrogen-bond acceptors (Lipinski definition) is 3. The molecule has 0 bridgehead atoms. The lowest BCUT2D eigenvalue weighted by Gasteiger charge is -2.06. The summed E-state index contributed by atoms with van der Waals surface area (Å²) in [5.74, 6) is -0.194. The highest BCUT2D eigenvalue weighted by molar-refractivity contribution is 7.99. The highest BCUT2D eigenvalue weighted by Gasteiger charge is 2.04. The summed E-state index contributed by atoms with van der Waals surface area (Å²) in [6, 6.07) is 7.81. The second kappa shape index (κ2) is 8.58. The zero-order chi connectivity index (χ0) is 14.1. The Bertz CT molecular complexity index is 417. The van der Waals surface area contributed by atoms with Crippen LogP contribution in [0.3, 0.4) is 0 Å². The van der Waals surface area contributed by atoms with Gasteiger partial charge in [-0.15, -0.1) is 0 Å². The zero-order valence-corrected chi connectivity index (χ0v) is 11.8. The lowest BCUT2D eigenvalue weighted by Crippen LogP contribution is -2.14. The van der Waals surface area contributed by atoms with Gasteiger partial charge in [-0.05, 0) is 24.1 Å². The molecule has 1 amide bonds. The number of carboxylic acid groups (broad SMARTS) is 1. The van der Waals surface area contributed by atoms with Crippen molar-refractivity contribution in [2.75, 3.05) is 16.8 Å². The summed E-state index contributed by atoms with van der Waals surface area (Å²) in [7, 11) is 0. The first-order valence-corrected chi connectivity index (χ1v) is 7.45. The summed E-state index contributed by atoms with van der Waals surface area (Å²) in [5.41, 5.74) is 2.04. The topological polar surface area (TPSA) is 66.4 Å². The van der Waals surface area contributed by atoms with Gasteiger partial charge in [0.2, 0.25) is 5.91 Å². The molecule has 0 heterocycles. The summed E-state index contributed by atoms with van der Waals surface area (Å²) in [4.78, 5) is 21.9. The number of amides is 1. The predicted molar refractivity (Wildman–Crippen MR) is 78.6 cm³/mol. The minimum Gasteiger partial charge on any atom is -0.481 e. The van der Waals surface area contributed by atoms with E-state index in [0.29, 0.717) is 5.75 Å². The Hall–Kier alpha value is -1.49. The summed E-state index contributed by atoms with van der Waals surface area (Å²) < 4.78 is 0. The van der Waals surface area contributed by atoms with Crippen LogP contribution in [0.25, 0.3) is 0 Å². The van der Waals surface area contributed by atoms with Crippen LogP contribution >= 0.6 is 11.8 Å². The Morgan fingerprint density at radius 3 is 2.53 bits per heavy atom. The molecule has 1 aromatic carbocycles. The molecule has 0 radical (unpaired) electrons. The molecule has 5 heteroatoms. The van der Waals surface area contributed by atoms with Crippen molar-refractivity contribution < 1.29 is 14.7 Å². The van der Waals surface area contributed by atoms with Gasteiger partial charge < -0.3 is 10.4 Å². The normalized spacial score (nSPS) is 10.2. The van der Waals surface area contributed by atoms with Crippen molar-refractivity contribution in [2.24, 2.45) is 0 Å². The predicted octanol–water partition coefficient (Wildman–Crippen LogP) is 2.79. The van der Waals surface area contributed by atoms with Crippen molar-refractivity contribution in [1.82, 2.24) is 0 Å². The SMILES string of the molecule is CCCc1ccc(NC(=O)CSCCC(=O)O)cc1. The molecule has 0 aliphatic rings. The fourth-order valence-corrected chi connectivity index (χ4v) is 2.29. The van der Waals surface area contributed by atoms with Crippen LogP contribution in [0.2, 0.25) is 0 Å². The van der Waals surface area contributed by atoms with Crippen molar-refractivity contribution >= 4 is 29.3 Å². The Morgan fingerprint density at radius 2 is 1.95 bits per heavy atom. The number of carbonyl (C=O) groups excluding carboxylic acids is 1. The van der Waals surface area contributed by atoms with Crippen molar-refractivity contribution in [3.05, 3.63) is 29.8 Å². The van der Waals surface area contributed by atoms with Crippen LogP contribution in [0.15, 0.2) is 24.3 Å².